The number of halogens is 2. The number of nitrogens with one attached hydrogen (secondary N) is 1. The van der Waals surface area contributed by atoms with E-state index < -0.39 is 0 Å². The SMILES string of the molecule is COc1cc(CNc2ccc(N3CCCCC3)c(Cl)c2)cc(Br)c1OCc1ccc(C)cc1. The Balaban J connectivity index is 1.41. The molecule has 0 radical (unpaired) electrons. The van der Waals surface area contributed by atoms with Crippen LogP contribution in [0.4, 0.5) is 11.4 Å². The molecule has 1 heterocycles. The molecule has 1 aliphatic rings. The van der Waals surface area contributed by atoms with Gasteiger partial charge in [0, 0.05) is 25.3 Å². The average Bonchev–Trinajstić information content (AvgIpc) is 2.83. The van der Waals surface area contributed by atoms with E-state index in [4.69, 9.17) is 21.1 Å². The van der Waals surface area contributed by atoms with Crippen molar-refractivity contribution in [2.75, 3.05) is 30.4 Å². The summed E-state index contributed by atoms with van der Waals surface area (Å²) >= 11 is 10.3. The molecule has 0 saturated carbocycles. The topological polar surface area (TPSA) is 33.7 Å². The van der Waals surface area contributed by atoms with Crippen molar-refractivity contribution in [2.45, 2.75) is 39.3 Å². The highest BCUT2D eigenvalue weighted by Gasteiger charge is 2.15. The van der Waals surface area contributed by atoms with Crippen molar-refractivity contribution in [2.24, 2.45) is 0 Å². The monoisotopic (exact) mass is 528 g/mol. The van der Waals surface area contributed by atoms with Crippen LogP contribution in [0.1, 0.15) is 36.0 Å². The van der Waals surface area contributed by atoms with Gasteiger partial charge in [0.2, 0.25) is 0 Å². The van der Waals surface area contributed by atoms with Gasteiger partial charge >= 0.3 is 0 Å². The largest absolute Gasteiger partial charge is 0.493 e. The van der Waals surface area contributed by atoms with E-state index in [-0.39, 0.29) is 0 Å². The molecule has 1 aliphatic heterocycles. The van der Waals surface area contributed by atoms with Gasteiger partial charge < -0.3 is 19.7 Å². The van der Waals surface area contributed by atoms with Crippen molar-refractivity contribution < 1.29 is 9.47 Å². The van der Waals surface area contributed by atoms with Crippen LogP contribution in [-0.2, 0) is 13.2 Å². The molecule has 1 N–H and O–H groups in total. The van der Waals surface area contributed by atoms with E-state index in [1.54, 1.807) is 7.11 Å². The van der Waals surface area contributed by atoms with Crippen molar-refractivity contribution in [3.8, 4) is 11.5 Å². The summed E-state index contributed by atoms with van der Waals surface area (Å²) in [5.74, 6) is 1.41. The highest BCUT2D eigenvalue weighted by molar-refractivity contribution is 9.10. The molecule has 174 valence electrons. The van der Waals surface area contributed by atoms with Gasteiger partial charge in [-0.15, -0.1) is 0 Å². The fourth-order valence-electron chi connectivity index (χ4n) is 4.07. The molecule has 4 nitrogen and oxygen atoms in total. The Morgan fingerprint density at radius 3 is 2.42 bits per heavy atom. The number of benzene rings is 3. The average molecular weight is 530 g/mol. The zero-order valence-electron chi connectivity index (χ0n) is 19.2. The summed E-state index contributed by atoms with van der Waals surface area (Å²) in [4.78, 5) is 2.38. The molecule has 1 fully saturated rings. The summed E-state index contributed by atoms with van der Waals surface area (Å²) in [6.45, 7) is 5.37. The van der Waals surface area contributed by atoms with E-state index in [0.717, 1.165) is 45.1 Å². The first-order chi connectivity index (χ1) is 16.0. The maximum Gasteiger partial charge on any atom is 0.175 e. The van der Waals surface area contributed by atoms with E-state index in [0.29, 0.717) is 24.7 Å². The third-order valence-corrected chi connectivity index (χ3v) is 6.83. The Morgan fingerprint density at radius 1 is 0.970 bits per heavy atom. The molecule has 0 bridgehead atoms. The first-order valence-corrected chi connectivity index (χ1v) is 12.5. The third kappa shape index (κ3) is 6.15. The molecule has 4 rings (SSSR count). The lowest BCUT2D eigenvalue weighted by atomic mass is 10.1. The molecule has 33 heavy (non-hydrogen) atoms. The molecular weight excluding hydrogens is 500 g/mol. The van der Waals surface area contributed by atoms with Crippen LogP contribution >= 0.6 is 27.5 Å². The Kier molecular flexibility index (Phi) is 8.05. The van der Waals surface area contributed by atoms with Crippen LogP contribution in [0, 0.1) is 6.92 Å². The molecule has 6 heteroatoms. The van der Waals surface area contributed by atoms with Crippen molar-refractivity contribution in [1.82, 2.24) is 0 Å². The maximum absolute atomic E-state index is 6.61. The van der Waals surface area contributed by atoms with Crippen molar-refractivity contribution >= 4 is 38.9 Å². The molecule has 3 aromatic carbocycles. The van der Waals surface area contributed by atoms with Crippen LogP contribution in [-0.4, -0.2) is 20.2 Å². The summed E-state index contributed by atoms with van der Waals surface area (Å²) in [7, 11) is 1.66. The van der Waals surface area contributed by atoms with Gasteiger partial charge in [-0.1, -0.05) is 41.4 Å². The lowest BCUT2D eigenvalue weighted by molar-refractivity contribution is 0.282. The molecule has 0 aliphatic carbocycles. The number of hydrogen-bond donors (Lipinski definition) is 1. The van der Waals surface area contributed by atoms with Crippen molar-refractivity contribution in [3.63, 3.8) is 0 Å². The van der Waals surface area contributed by atoms with Gasteiger partial charge in [0.05, 0.1) is 22.3 Å². The maximum atomic E-state index is 6.61. The number of piperidine rings is 1. The Morgan fingerprint density at radius 2 is 1.73 bits per heavy atom. The normalized spacial score (nSPS) is 13.6. The zero-order chi connectivity index (χ0) is 23.2. The Labute approximate surface area is 210 Å². The van der Waals surface area contributed by atoms with E-state index in [2.05, 4.69) is 75.5 Å². The highest BCUT2D eigenvalue weighted by atomic mass is 79.9. The minimum atomic E-state index is 0.481. The molecule has 0 amide bonds. The molecule has 0 spiro atoms. The number of anilines is 2. The molecular formula is C27H30BrClN2O2. The van der Waals surface area contributed by atoms with Crippen LogP contribution < -0.4 is 19.7 Å². The number of aryl methyl sites for hydroxylation is 1. The van der Waals surface area contributed by atoms with Crippen molar-refractivity contribution in [1.29, 1.82) is 0 Å². The van der Waals surface area contributed by atoms with Gasteiger partial charge in [-0.25, -0.2) is 0 Å². The van der Waals surface area contributed by atoms with Gasteiger partial charge in [0.25, 0.3) is 0 Å². The second-order valence-corrected chi connectivity index (χ2v) is 9.71. The molecule has 1 saturated heterocycles. The predicted molar refractivity (Wildman–Crippen MR) is 141 cm³/mol. The second kappa shape index (κ2) is 11.2. The van der Waals surface area contributed by atoms with Gasteiger partial charge in [-0.2, -0.15) is 0 Å². The highest BCUT2D eigenvalue weighted by Crippen LogP contribution is 2.38. The van der Waals surface area contributed by atoms with Gasteiger partial charge in [-0.3, -0.25) is 0 Å². The Bertz CT molecular complexity index is 1080. The smallest absolute Gasteiger partial charge is 0.175 e. The van der Waals surface area contributed by atoms with E-state index in [1.807, 2.05) is 12.1 Å². The summed E-state index contributed by atoms with van der Waals surface area (Å²) in [6.07, 6.45) is 3.78. The van der Waals surface area contributed by atoms with Crippen LogP contribution in [0.5, 0.6) is 11.5 Å². The van der Waals surface area contributed by atoms with Crippen LogP contribution in [0.3, 0.4) is 0 Å². The first-order valence-electron chi connectivity index (χ1n) is 11.4. The number of rotatable bonds is 8. The number of nitrogens with zero attached hydrogens (tertiary/aromatic N) is 1. The lowest BCUT2D eigenvalue weighted by Gasteiger charge is -2.29. The number of methoxy groups -OCH3 is 1. The summed E-state index contributed by atoms with van der Waals surface area (Å²) in [5.41, 5.74) is 5.55. The second-order valence-electron chi connectivity index (χ2n) is 8.45. The van der Waals surface area contributed by atoms with Gasteiger partial charge in [0.15, 0.2) is 11.5 Å². The zero-order valence-corrected chi connectivity index (χ0v) is 21.5. The first kappa shape index (κ1) is 23.8. The third-order valence-electron chi connectivity index (χ3n) is 5.93. The quantitative estimate of drug-likeness (QED) is 0.326. The number of hydrogen-bond acceptors (Lipinski definition) is 4. The van der Waals surface area contributed by atoms with Crippen LogP contribution in [0.15, 0.2) is 59.1 Å². The minimum absolute atomic E-state index is 0.481. The van der Waals surface area contributed by atoms with E-state index >= 15 is 0 Å². The fraction of sp³-hybridized carbons (Fsp3) is 0.333. The Hall–Kier alpha value is -2.37. The van der Waals surface area contributed by atoms with Gasteiger partial charge in [-0.05, 0) is 83.6 Å². The minimum Gasteiger partial charge on any atom is -0.493 e. The fourth-order valence-corrected chi connectivity index (χ4v) is 4.97. The molecule has 0 aromatic heterocycles. The molecule has 3 aromatic rings. The summed E-state index contributed by atoms with van der Waals surface area (Å²) in [6, 6.07) is 18.6. The number of ether oxygens (including phenoxy) is 2. The summed E-state index contributed by atoms with van der Waals surface area (Å²) < 4.78 is 12.6. The van der Waals surface area contributed by atoms with Crippen LogP contribution in [0.25, 0.3) is 0 Å². The summed E-state index contributed by atoms with van der Waals surface area (Å²) in [5, 5.41) is 4.27. The predicted octanol–water partition coefficient (Wildman–Crippen LogP) is 7.60. The van der Waals surface area contributed by atoms with E-state index in [9.17, 15) is 0 Å². The standard InChI is InChI=1S/C27H30BrClN2O2/c1-19-6-8-20(9-7-19)18-33-27-23(28)14-21(15-26(27)32-2)17-30-22-10-11-25(24(29)16-22)31-12-4-3-5-13-31/h6-11,14-16,30H,3-5,12-13,17-18H2,1-2H3. The van der Waals surface area contributed by atoms with Crippen molar-refractivity contribution in [3.05, 3.63) is 80.8 Å². The molecule has 0 unspecified atom stereocenters. The lowest BCUT2D eigenvalue weighted by Crippen LogP contribution is -2.29. The van der Waals surface area contributed by atoms with Crippen LogP contribution in [0.2, 0.25) is 5.02 Å². The van der Waals surface area contributed by atoms with E-state index in [1.165, 1.54) is 24.8 Å². The van der Waals surface area contributed by atoms with Gasteiger partial charge in [0.1, 0.15) is 6.61 Å². The molecule has 0 atom stereocenters.